The Balaban J connectivity index is 2.09. The van der Waals surface area contributed by atoms with E-state index in [0.717, 1.165) is 36.4 Å². The van der Waals surface area contributed by atoms with Gasteiger partial charge in [-0.25, -0.2) is 13.2 Å². The van der Waals surface area contributed by atoms with Gasteiger partial charge in [-0.05, 0) is 60.5 Å². The lowest BCUT2D eigenvalue weighted by Gasteiger charge is -2.17. The number of halogens is 6. The molecule has 0 saturated carbocycles. The number of nitriles is 1. The van der Waals surface area contributed by atoms with E-state index in [2.05, 4.69) is 5.32 Å². The molecule has 170 valence electrons. The third-order valence-electron chi connectivity index (χ3n) is 4.60. The minimum Gasteiger partial charge on any atom is -0.456 e. The number of amides is 1. The van der Waals surface area contributed by atoms with Crippen LogP contribution in [0.4, 0.5) is 32.0 Å². The fourth-order valence-corrected chi connectivity index (χ4v) is 3.00. The summed E-state index contributed by atoms with van der Waals surface area (Å²) in [5, 5.41) is 11.0. The predicted molar refractivity (Wildman–Crippen MR) is 106 cm³/mol. The maximum atomic E-state index is 14.9. The number of carbonyl (C=O) groups excluding carboxylic acids is 1. The van der Waals surface area contributed by atoms with Gasteiger partial charge >= 0.3 is 6.18 Å². The Morgan fingerprint density at radius 2 is 1.73 bits per heavy atom. The van der Waals surface area contributed by atoms with E-state index >= 15 is 0 Å². The fourth-order valence-electron chi connectivity index (χ4n) is 3.00. The summed E-state index contributed by atoms with van der Waals surface area (Å²) in [5.41, 5.74) is -3.03. The minimum absolute atomic E-state index is 0.0145. The molecule has 10 heteroatoms. The molecule has 0 fully saturated rings. The van der Waals surface area contributed by atoms with E-state index in [1.54, 1.807) is 13.0 Å². The molecule has 3 aromatic carbocycles. The molecule has 0 heterocycles. The Labute approximate surface area is 184 Å². The lowest BCUT2D eigenvalue weighted by Crippen LogP contribution is -2.19. The molecule has 3 rings (SSSR count). The van der Waals surface area contributed by atoms with Crippen LogP contribution in [0, 0.1) is 28.8 Å². The van der Waals surface area contributed by atoms with Gasteiger partial charge in [0, 0.05) is 5.69 Å². The van der Waals surface area contributed by atoms with Crippen LogP contribution in [0.1, 0.15) is 34.0 Å². The molecule has 0 aliphatic rings. The highest BCUT2D eigenvalue weighted by atomic mass is 19.4. The Kier molecular flexibility index (Phi) is 6.62. The zero-order valence-corrected chi connectivity index (χ0v) is 16.9. The largest absolute Gasteiger partial charge is 0.456 e. The average Bonchev–Trinajstić information content (AvgIpc) is 2.75. The number of rotatable bonds is 5. The van der Waals surface area contributed by atoms with Crippen LogP contribution in [-0.2, 0) is 12.6 Å². The van der Waals surface area contributed by atoms with E-state index < -0.39 is 52.0 Å². The van der Waals surface area contributed by atoms with Crippen molar-refractivity contribution in [2.45, 2.75) is 19.5 Å². The summed E-state index contributed by atoms with van der Waals surface area (Å²) in [5.74, 6) is -5.22. The van der Waals surface area contributed by atoms with Crippen molar-refractivity contribution in [1.29, 1.82) is 5.26 Å². The van der Waals surface area contributed by atoms with Crippen molar-refractivity contribution in [2.75, 3.05) is 5.32 Å². The third-order valence-corrected chi connectivity index (χ3v) is 4.60. The zero-order chi connectivity index (χ0) is 24.3. The van der Waals surface area contributed by atoms with Gasteiger partial charge in [-0.2, -0.15) is 18.4 Å². The molecule has 4 nitrogen and oxygen atoms in total. The number of carbonyl (C=O) groups is 1. The summed E-state index contributed by atoms with van der Waals surface area (Å²) in [4.78, 5) is 12.8. The number of anilines is 1. The fraction of sp³-hybridized carbons (Fsp3) is 0.130. The van der Waals surface area contributed by atoms with Gasteiger partial charge in [0.25, 0.3) is 5.91 Å². The summed E-state index contributed by atoms with van der Waals surface area (Å²) in [6, 6.07) is 8.96. The highest BCUT2D eigenvalue weighted by Gasteiger charge is 2.37. The summed E-state index contributed by atoms with van der Waals surface area (Å²) in [6.45, 7) is 1.67. The smallest absolute Gasteiger partial charge is 0.419 e. The van der Waals surface area contributed by atoms with Crippen LogP contribution in [-0.4, -0.2) is 5.91 Å². The molecule has 1 N–H and O–H groups in total. The topological polar surface area (TPSA) is 62.1 Å². The van der Waals surface area contributed by atoms with Crippen molar-refractivity contribution in [1.82, 2.24) is 0 Å². The number of benzene rings is 3. The Morgan fingerprint density at radius 3 is 2.36 bits per heavy atom. The molecule has 0 spiro atoms. The van der Waals surface area contributed by atoms with E-state index in [4.69, 9.17) is 10.00 Å². The van der Waals surface area contributed by atoms with Crippen LogP contribution >= 0.6 is 0 Å². The maximum Gasteiger partial charge on any atom is 0.419 e. The number of alkyl halides is 3. The second kappa shape index (κ2) is 9.24. The molecule has 0 aromatic heterocycles. The van der Waals surface area contributed by atoms with Crippen LogP contribution in [0.5, 0.6) is 11.5 Å². The van der Waals surface area contributed by atoms with Crippen molar-refractivity contribution in [2.24, 2.45) is 0 Å². The Morgan fingerprint density at radius 1 is 1.03 bits per heavy atom. The molecule has 33 heavy (non-hydrogen) atoms. The van der Waals surface area contributed by atoms with Crippen LogP contribution in [0.3, 0.4) is 0 Å². The van der Waals surface area contributed by atoms with Gasteiger partial charge in [-0.15, -0.1) is 0 Å². The SMILES string of the molecule is CCc1cc(F)ccc1Oc1ccc(C(F)(F)F)c(F)c1C(=O)Nc1ccc(F)c(C#N)c1. The van der Waals surface area contributed by atoms with Crippen LogP contribution in [0.2, 0.25) is 0 Å². The van der Waals surface area contributed by atoms with Gasteiger partial charge < -0.3 is 10.1 Å². The highest BCUT2D eigenvalue weighted by Crippen LogP contribution is 2.38. The van der Waals surface area contributed by atoms with E-state index in [1.165, 1.54) is 6.07 Å². The number of hydrogen-bond donors (Lipinski definition) is 1. The molecular weight excluding hydrogens is 450 g/mol. The number of hydrogen-bond acceptors (Lipinski definition) is 3. The molecule has 0 bridgehead atoms. The summed E-state index contributed by atoms with van der Waals surface area (Å²) < 4.78 is 87.2. The van der Waals surface area contributed by atoms with E-state index in [1.807, 2.05) is 0 Å². The Hall–Kier alpha value is -4.00. The second-order valence-corrected chi connectivity index (χ2v) is 6.77. The molecule has 0 saturated heterocycles. The van der Waals surface area contributed by atoms with E-state index in [9.17, 15) is 31.1 Å². The van der Waals surface area contributed by atoms with Crippen LogP contribution in [0.25, 0.3) is 0 Å². The maximum absolute atomic E-state index is 14.9. The quantitative estimate of drug-likeness (QED) is 0.433. The van der Waals surface area contributed by atoms with Gasteiger partial charge in [-0.1, -0.05) is 6.92 Å². The van der Waals surface area contributed by atoms with Crippen molar-refractivity contribution < 1.29 is 35.9 Å². The first-order valence-electron chi connectivity index (χ1n) is 9.42. The first kappa shape index (κ1) is 23.7. The molecular formula is C23H14F6N2O2. The van der Waals surface area contributed by atoms with Gasteiger partial charge in [-0.3, -0.25) is 4.79 Å². The summed E-state index contributed by atoms with van der Waals surface area (Å²) in [6.07, 6.45) is -4.82. The first-order chi connectivity index (χ1) is 15.5. The summed E-state index contributed by atoms with van der Waals surface area (Å²) >= 11 is 0. The molecule has 0 unspecified atom stereocenters. The molecule has 0 aliphatic heterocycles. The monoisotopic (exact) mass is 464 g/mol. The number of aryl methyl sites for hydroxylation is 1. The lowest BCUT2D eigenvalue weighted by molar-refractivity contribution is -0.140. The van der Waals surface area contributed by atoms with Crippen molar-refractivity contribution >= 4 is 11.6 Å². The molecule has 0 radical (unpaired) electrons. The third kappa shape index (κ3) is 5.09. The average molecular weight is 464 g/mol. The lowest BCUT2D eigenvalue weighted by atomic mass is 10.1. The Bertz CT molecular complexity index is 1270. The number of nitrogens with one attached hydrogen (secondary N) is 1. The standard InChI is InChI=1S/C23H14F6N2O2/c1-2-12-9-14(24)3-7-18(12)33-19-8-5-16(23(27,28)29)21(26)20(19)22(32)31-15-4-6-17(25)13(10-15)11-30/h3-10H,2H2,1H3,(H,31,32). The second-order valence-electron chi connectivity index (χ2n) is 6.77. The normalized spacial score (nSPS) is 11.1. The van der Waals surface area contributed by atoms with Crippen LogP contribution in [0.15, 0.2) is 48.5 Å². The molecule has 3 aromatic rings. The van der Waals surface area contributed by atoms with Gasteiger partial charge in [0.1, 0.15) is 34.8 Å². The number of ether oxygens (including phenoxy) is 1. The van der Waals surface area contributed by atoms with Gasteiger partial charge in [0.2, 0.25) is 0 Å². The molecule has 0 atom stereocenters. The van der Waals surface area contributed by atoms with Crippen molar-refractivity contribution in [3.8, 4) is 17.6 Å². The van der Waals surface area contributed by atoms with Gasteiger partial charge in [0.15, 0.2) is 5.82 Å². The van der Waals surface area contributed by atoms with Crippen LogP contribution < -0.4 is 10.1 Å². The highest BCUT2D eigenvalue weighted by molar-refractivity contribution is 6.06. The first-order valence-corrected chi connectivity index (χ1v) is 9.42. The van der Waals surface area contributed by atoms with Crippen molar-refractivity contribution in [3.63, 3.8) is 0 Å². The molecule has 0 aliphatic carbocycles. The minimum atomic E-state index is -5.11. The van der Waals surface area contributed by atoms with E-state index in [-0.39, 0.29) is 17.9 Å². The number of nitrogens with zero attached hydrogens (tertiary/aromatic N) is 1. The van der Waals surface area contributed by atoms with E-state index in [0.29, 0.717) is 11.6 Å². The predicted octanol–water partition coefficient (Wildman–Crippen LogP) is 6.60. The van der Waals surface area contributed by atoms with Crippen molar-refractivity contribution in [3.05, 3.63) is 88.2 Å². The van der Waals surface area contributed by atoms with Gasteiger partial charge in [0.05, 0.1) is 11.1 Å². The zero-order valence-electron chi connectivity index (χ0n) is 16.9. The summed E-state index contributed by atoms with van der Waals surface area (Å²) in [7, 11) is 0. The molecule has 1 amide bonds.